The number of pyridine rings is 1. The minimum Gasteiger partial charge on any atom is -0.458 e. The molecule has 0 aliphatic heterocycles. The zero-order valence-electron chi connectivity index (χ0n) is 43.7. The molecule has 0 atom stereocenters. The summed E-state index contributed by atoms with van der Waals surface area (Å²) in [7, 11) is 3.74. The average molecular weight is 790 g/mol. The van der Waals surface area contributed by atoms with Gasteiger partial charge in [-0.3, -0.25) is 13.7 Å². The Morgan fingerprint density at radius 3 is 2.02 bits per heavy atom. The molecule has 0 N–H and O–H groups in total. The molecule has 60 heavy (non-hydrogen) atoms. The lowest BCUT2D eigenvalue weighted by atomic mass is 9.88. The topological polar surface area (TPSA) is 39.1 Å². The molecular weight excluding hydrogens is 735 g/mol. The lowest BCUT2D eigenvalue weighted by molar-refractivity contribution is -0.570. The second-order valence-electron chi connectivity index (χ2n) is 15.8. The van der Waals surface area contributed by atoms with Crippen molar-refractivity contribution >= 4 is 38.5 Å². The van der Waals surface area contributed by atoms with E-state index in [9.17, 15) is 0 Å². The predicted molar refractivity (Wildman–Crippen MR) is 246 cm³/mol. The van der Waals surface area contributed by atoms with E-state index in [1.54, 1.807) is 22.8 Å². The molecule has 10 rings (SSSR count). The molecular formula is C54H45N5O. The number of anilines is 1. The zero-order chi connectivity index (χ0) is 49.7. The van der Waals surface area contributed by atoms with Crippen molar-refractivity contribution in [2.75, 3.05) is 19.0 Å². The van der Waals surface area contributed by atoms with E-state index < -0.39 is 60.4 Å². The molecule has 0 saturated carbocycles. The van der Waals surface area contributed by atoms with Crippen LogP contribution in [0.3, 0.4) is 0 Å². The van der Waals surface area contributed by atoms with Crippen LogP contribution in [0.25, 0.3) is 72.3 Å². The van der Waals surface area contributed by atoms with Crippen LogP contribution in [0.2, 0.25) is 0 Å². The average Bonchev–Trinajstić information content (AvgIpc) is 3.90. The Bertz CT molecular complexity index is 3650. The number of aromatic nitrogens is 4. The summed E-state index contributed by atoms with van der Waals surface area (Å²) < 4.78 is 100.0. The predicted octanol–water partition coefficient (Wildman–Crippen LogP) is 12.7. The van der Waals surface area contributed by atoms with Crippen LogP contribution < -0.4 is 14.2 Å². The van der Waals surface area contributed by atoms with E-state index >= 15 is 0 Å². The zero-order valence-corrected chi connectivity index (χ0v) is 33.7. The van der Waals surface area contributed by atoms with E-state index in [0.29, 0.717) is 33.9 Å². The quantitative estimate of drug-likeness (QED) is 0.114. The van der Waals surface area contributed by atoms with Gasteiger partial charge in [-0.2, -0.15) is 0 Å². The number of hydrogen-bond donors (Lipinski definition) is 0. The lowest BCUT2D eigenvalue weighted by Crippen LogP contribution is -2.32. The fraction of sp³-hybridized carbons (Fsp3) is 0.111. The maximum atomic E-state index is 9.09. The van der Waals surface area contributed by atoms with Gasteiger partial charge in [-0.15, -0.1) is 0 Å². The molecule has 7 aromatic carbocycles. The summed E-state index contributed by atoms with van der Waals surface area (Å²) in [6.45, 7) is 6.54. The summed E-state index contributed by atoms with van der Waals surface area (Å²) in [6.07, 6.45) is 5.35. The largest absolute Gasteiger partial charge is 0.458 e. The standard InChI is InChI=1S/C54H45N5O/c1-54(2,3)39-31-32-55-51(33-39)59-47-26-13-12-23-45(47)46-30-29-42(35-50(46)59)60-41-22-14-21-40(34-41)57-36-58(53-48(56(4)5)27-16-28-49(53)57)52-43(37-17-8-6-9-18-37)24-15-25-44(52)38-19-10-7-11-20-38/h6-35H,1-5H3/i6D,7D,8D,9D,10D,11D,17D,18D,19D,20D. The van der Waals surface area contributed by atoms with Crippen LogP contribution in [-0.2, 0) is 5.41 Å². The fourth-order valence-electron chi connectivity index (χ4n) is 7.90. The van der Waals surface area contributed by atoms with Gasteiger partial charge in [0.2, 0.25) is 0 Å². The summed E-state index contributed by atoms with van der Waals surface area (Å²) in [5.74, 6) is 1.89. The molecule has 0 saturated heterocycles. The van der Waals surface area contributed by atoms with Crippen LogP contribution in [0.1, 0.15) is 40.0 Å². The Morgan fingerprint density at radius 2 is 1.30 bits per heavy atom. The minimum absolute atomic E-state index is 0.0914. The molecule has 0 radical (unpaired) electrons. The summed E-state index contributed by atoms with van der Waals surface area (Å²) in [6, 6.07) is 31.2. The number of fused-ring (bicyclic) bond motifs is 4. The van der Waals surface area contributed by atoms with Gasteiger partial charge in [-0.1, -0.05) is 136 Å². The third-order valence-corrected chi connectivity index (χ3v) is 10.7. The van der Waals surface area contributed by atoms with Crippen molar-refractivity contribution in [3.05, 3.63) is 194 Å². The van der Waals surface area contributed by atoms with Crippen LogP contribution in [0.4, 0.5) is 5.69 Å². The van der Waals surface area contributed by atoms with E-state index in [4.69, 9.17) is 23.4 Å². The summed E-state index contributed by atoms with van der Waals surface area (Å²) in [5.41, 5.74) is 5.74. The Kier molecular flexibility index (Phi) is 6.70. The number of rotatable bonds is 8. The molecule has 0 spiro atoms. The molecule has 292 valence electrons. The molecule has 0 unspecified atom stereocenters. The van der Waals surface area contributed by atoms with Gasteiger partial charge in [0.05, 0.1) is 41.6 Å². The smallest absolute Gasteiger partial charge is 0.269 e. The van der Waals surface area contributed by atoms with Crippen LogP contribution in [0.15, 0.2) is 182 Å². The van der Waals surface area contributed by atoms with E-state index in [-0.39, 0.29) is 33.4 Å². The van der Waals surface area contributed by atoms with Gasteiger partial charge in [0.1, 0.15) is 22.8 Å². The highest BCUT2D eigenvalue weighted by molar-refractivity contribution is 6.09. The number of ether oxygens (including phenoxy) is 1. The van der Waals surface area contributed by atoms with Crippen molar-refractivity contribution in [3.8, 4) is 50.9 Å². The SMILES string of the molecule is [2H]c1c([2H])c([2H])c(-c2cccc(-c3c([2H])c([2H])c([2H])c([2H])c3[2H])c2-[n+]2[c-]n(-c3cccc(Oc4ccc5c6ccccc6n(-c6cc(C(C)(C)C)ccn6)c5c4)c3)c3cccc(N(C)C)c32)c([2H])c1[2H]. The molecule has 10 aromatic rings. The Labute approximate surface area is 364 Å². The second kappa shape index (κ2) is 14.7. The van der Waals surface area contributed by atoms with Crippen LogP contribution >= 0.6 is 0 Å². The molecule has 0 amide bonds. The Morgan fingerprint density at radius 1 is 0.650 bits per heavy atom. The van der Waals surface area contributed by atoms with Crippen LogP contribution in [-0.4, -0.2) is 28.2 Å². The number of para-hydroxylation sites is 3. The lowest BCUT2D eigenvalue weighted by Gasteiger charge is -2.20. The van der Waals surface area contributed by atoms with Gasteiger partial charge >= 0.3 is 0 Å². The van der Waals surface area contributed by atoms with E-state index in [2.05, 4.69) is 55.9 Å². The Balaban J connectivity index is 1.19. The van der Waals surface area contributed by atoms with Gasteiger partial charge in [-0.25, -0.2) is 4.98 Å². The van der Waals surface area contributed by atoms with E-state index in [0.717, 1.165) is 33.2 Å². The first kappa shape index (κ1) is 27.3. The first-order chi connectivity index (χ1) is 33.4. The number of imidazole rings is 1. The first-order valence-corrected chi connectivity index (χ1v) is 19.6. The van der Waals surface area contributed by atoms with Gasteiger partial charge in [0, 0.05) is 42.8 Å². The molecule has 0 bridgehead atoms. The third-order valence-electron chi connectivity index (χ3n) is 10.7. The van der Waals surface area contributed by atoms with Gasteiger partial charge in [0.15, 0.2) is 0 Å². The molecule has 3 heterocycles. The van der Waals surface area contributed by atoms with E-state index in [1.165, 1.54) is 0 Å². The second-order valence-corrected chi connectivity index (χ2v) is 15.8. The molecule has 6 heteroatoms. The van der Waals surface area contributed by atoms with Crippen LogP contribution in [0.5, 0.6) is 11.5 Å². The van der Waals surface area contributed by atoms with Crippen molar-refractivity contribution in [2.45, 2.75) is 26.2 Å². The highest BCUT2D eigenvalue weighted by Gasteiger charge is 2.23. The third kappa shape index (κ3) is 6.47. The molecule has 6 nitrogen and oxygen atoms in total. The maximum absolute atomic E-state index is 9.09. The first-order valence-electron chi connectivity index (χ1n) is 24.6. The Hall–Kier alpha value is -7.44. The van der Waals surface area contributed by atoms with Crippen molar-refractivity contribution in [2.24, 2.45) is 0 Å². The maximum Gasteiger partial charge on any atom is 0.269 e. The minimum atomic E-state index is -0.569. The summed E-state index contributed by atoms with van der Waals surface area (Å²) in [5, 5.41) is 2.12. The van der Waals surface area contributed by atoms with E-state index in [1.807, 2.05) is 103 Å². The van der Waals surface area contributed by atoms with Gasteiger partial charge in [0.25, 0.3) is 6.33 Å². The molecule has 0 fully saturated rings. The van der Waals surface area contributed by atoms with Crippen LogP contribution in [0, 0.1) is 6.33 Å². The number of hydrogen-bond acceptors (Lipinski definition) is 3. The van der Waals surface area contributed by atoms with Crippen molar-refractivity contribution in [1.29, 1.82) is 0 Å². The highest BCUT2D eigenvalue weighted by Crippen LogP contribution is 2.38. The monoisotopic (exact) mass is 789 g/mol. The normalized spacial score (nSPS) is 14.1. The van der Waals surface area contributed by atoms with Crippen molar-refractivity contribution in [3.63, 3.8) is 0 Å². The van der Waals surface area contributed by atoms with Gasteiger partial charge in [-0.05, 0) is 87.8 Å². The molecule has 0 aliphatic rings. The summed E-state index contributed by atoms with van der Waals surface area (Å²) in [4.78, 5) is 6.73. The number of nitrogens with zero attached hydrogens (tertiary/aromatic N) is 5. The molecule has 3 aromatic heterocycles. The highest BCUT2D eigenvalue weighted by atomic mass is 16.5. The van der Waals surface area contributed by atoms with Crippen molar-refractivity contribution in [1.82, 2.24) is 14.1 Å². The fourth-order valence-corrected chi connectivity index (χ4v) is 7.90. The summed E-state index contributed by atoms with van der Waals surface area (Å²) >= 11 is 0. The molecule has 0 aliphatic carbocycles. The van der Waals surface area contributed by atoms with Gasteiger partial charge < -0.3 is 9.64 Å². The number of benzene rings is 7. The van der Waals surface area contributed by atoms with Crippen molar-refractivity contribution < 1.29 is 23.0 Å².